The first-order valence-electron chi connectivity index (χ1n) is 10.8. The Labute approximate surface area is 193 Å². The van der Waals surface area contributed by atoms with Crippen molar-refractivity contribution in [3.8, 4) is 11.8 Å². The van der Waals surface area contributed by atoms with Gasteiger partial charge in [0.15, 0.2) is 0 Å². The van der Waals surface area contributed by atoms with Crippen LogP contribution in [0.1, 0.15) is 58.2 Å². The van der Waals surface area contributed by atoms with Gasteiger partial charge in [-0.25, -0.2) is 4.79 Å². The number of aromatic amines is 1. The highest BCUT2D eigenvalue weighted by molar-refractivity contribution is 6.20. The number of nitrogens with zero attached hydrogens (tertiary/aromatic N) is 2. The number of aromatic nitrogens is 2. The van der Waals surface area contributed by atoms with Gasteiger partial charge < -0.3 is 14.9 Å². The van der Waals surface area contributed by atoms with E-state index < -0.39 is 41.5 Å². The maximum absolute atomic E-state index is 12.2. The lowest BCUT2D eigenvalue weighted by Gasteiger charge is -2.14. The van der Waals surface area contributed by atoms with Crippen LogP contribution in [0.25, 0.3) is 0 Å². The number of rotatable bonds is 7. The number of hydroxylamine groups is 2. The SMILES string of the molecule is O=C1c2ccccc2C(=O)N1OCCCCC#Cc1cn([C@@H]2CC(O)[C@H](CO)O2)c(=O)[nH]c1=O. The molecule has 0 saturated carbocycles. The molecule has 2 aromatic rings. The van der Waals surface area contributed by atoms with Crippen LogP contribution in [-0.4, -0.2) is 62.1 Å². The first-order valence-corrected chi connectivity index (χ1v) is 10.8. The van der Waals surface area contributed by atoms with Crippen molar-refractivity contribution in [2.24, 2.45) is 0 Å². The van der Waals surface area contributed by atoms with Crippen LogP contribution in [0, 0.1) is 11.8 Å². The number of carbonyl (C=O) groups excluding carboxylic acids is 2. The number of hydrogen-bond acceptors (Lipinski definition) is 8. The fourth-order valence-corrected chi connectivity index (χ4v) is 3.75. The molecule has 11 heteroatoms. The largest absolute Gasteiger partial charge is 0.394 e. The van der Waals surface area contributed by atoms with Gasteiger partial charge in [0, 0.05) is 19.0 Å². The van der Waals surface area contributed by atoms with Crippen LogP contribution in [0.4, 0.5) is 0 Å². The molecule has 11 nitrogen and oxygen atoms in total. The predicted molar refractivity (Wildman–Crippen MR) is 117 cm³/mol. The van der Waals surface area contributed by atoms with Crippen LogP contribution in [-0.2, 0) is 9.57 Å². The molecule has 0 bridgehead atoms. The Kier molecular flexibility index (Phi) is 7.04. The van der Waals surface area contributed by atoms with E-state index in [4.69, 9.17) is 9.57 Å². The van der Waals surface area contributed by atoms with Crippen molar-refractivity contribution in [3.63, 3.8) is 0 Å². The zero-order valence-corrected chi connectivity index (χ0v) is 18.1. The number of fused-ring (bicyclic) bond motifs is 1. The van der Waals surface area contributed by atoms with Gasteiger partial charge in [0.1, 0.15) is 17.9 Å². The molecule has 2 aliphatic heterocycles. The summed E-state index contributed by atoms with van der Waals surface area (Å²) in [6.45, 7) is -0.245. The molecule has 2 aliphatic rings. The zero-order chi connectivity index (χ0) is 24.2. The van der Waals surface area contributed by atoms with Crippen LogP contribution in [0.3, 0.4) is 0 Å². The molecule has 1 fully saturated rings. The number of H-pyrrole nitrogens is 1. The van der Waals surface area contributed by atoms with E-state index in [0.29, 0.717) is 30.4 Å². The first-order chi connectivity index (χ1) is 16.4. The molecule has 4 rings (SSSR count). The summed E-state index contributed by atoms with van der Waals surface area (Å²) >= 11 is 0. The molecule has 3 atom stereocenters. The molecule has 3 heterocycles. The van der Waals surface area contributed by atoms with Crippen LogP contribution >= 0.6 is 0 Å². The van der Waals surface area contributed by atoms with E-state index in [2.05, 4.69) is 16.8 Å². The number of aliphatic hydroxyl groups is 2. The van der Waals surface area contributed by atoms with E-state index in [9.17, 15) is 29.4 Å². The summed E-state index contributed by atoms with van der Waals surface area (Å²) in [6, 6.07) is 6.51. The quantitative estimate of drug-likeness (QED) is 0.290. The van der Waals surface area contributed by atoms with Crippen molar-refractivity contribution < 1.29 is 29.4 Å². The van der Waals surface area contributed by atoms with Gasteiger partial charge in [0.25, 0.3) is 17.4 Å². The molecule has 0 spiro atoms. The summed E-state index contributed by atoms with van der Waals surface area (Å²) in [6.07, 6.45) is 0.337. The Morgan fingerprint density at radius 1 is 1.12 bits per heavy atom. The van der Waals surface area contributed by atoms with Crippen molar-refractivity contribution in [2.45, 2.75) is 44.1 Å². The van der Waals surface area contributed by atoms with Gasteiger partial charge in [-0.05, 0) is 25.0 Å². The summed E-state index contributed by atoms with van der Waals surface area (Å²) < 4.78 is 6.60. The standard InChI is InChI=1S/C23H23N3O8/c27-13-18-17(28)11-19(34-18)25-12-14(20(29)24-23(25)32)7-3-1-2-6-10-33-26-21(30)15-8-4-5-9-16(15)22(26)31/h4-5,8-9,12,17-19,27-28H,1-2,6,10-11,13H2,(H,24,29,32)/t17?,18-,19-/m0/s1. The molecule has 0 aliphatic carbocycles. The van der Waals surface area contributed by atoms with Crippen LogP contribution in [0.2, 0.25) is 0 Å². The molecule has 1 aromatic carbocycles. The highest BCUT2D eigenvalue weighted by Gasteiger charge is 2.36. The molecule has 3 N–H and O–H groups in total. The maximum Gasteiger partial charge on any atom is 0.330 e. The number of aliphatic hydroxyl groups excluding tert-OH is 2. The number of carbonyl (C=O) groups is 2. The summed E-state index contributed by atoms with van der Waals surface area (Å²) in [7, 11) is 0. The molecule has 1 saturated heterocycles. The topological polar surface area (TPSA) is 151 Å². The number of unbranched alkanes of at least 4 members (excludes halogenated alkanes) is 2. The van der Waals surface area contributed by atoms with Crippen LogP contribution in [0.15, 0.2) is 40.1 Å². The lowest BCUT2D eigenvalue weighted by atomic mass is 10.1. The van der Waals surface area contributed by atoms with Crippen LogP contribution in [0.5, 0.6) is 0 Å². The highest BCUT2D eigenvalue weighted by atomic mass is 16.7. The van der Waals surface area contributed by atoms with Crippen molar-refractivity contribution in [1.82, 2.24) is 14.6 Å². The summed E-state index contributed by atoms with van der Waals surface area (Å²) in [4.78, 5) is 56.2. The minimum absolute atomic E-state index is 0.0624. The second-order valence-electron chi connectivity index (χ2n) is 7.87. The lowest BCUT2D eigenvalue weighted by molar-refractivity contribution is -0.0921. The smallest absolute Gasteiger partial charge is 0.330 e. The van der Waals surface area contributed by atoms with Gasteiger partial charge in [0.2, 0.25) is 0 Å². The maximum atomic E-state index is 12.2. The number of ether oxygens (including phenoxy) is 1. The van der Waals surface area contributed by atoms with Gasteiger partial charge in [-0.3, -0.25) is 28.8 Å². The molecule has 1 unspecified atom stereocenters. The molecule has 0 radical (unpaired) electrons. The van der Waals surface area contributed by atoms with Crippen LogP contribution < -0.4 is 11.2 Å². The average molecular weight is 469 g/mol. The third-order valence-corrected chi connectivity index (χ3v) is 5.56. The van der Waals surface area contributed by atoms with Gasteiger partial charge in [-0.15, -0.1) is 5.06 Å². The molecular weight excluding hydrogens is 446 g/mol. The predicted octanol–water partition coefficient (Wildman–Crippen LogP) is -0.0731. The number of benzene rings is 1. The molecule has 34 heavy (non-hydrogen) atoms. The Morgan fingerprint density at radius 2 is 1.82 bits per heavy atom. The van der Waals surface area contributed by atoms with E-state index in [1.165, 1.54) is 6.20 Å². The van der Waals surface area contributed by atoms with E-state index in [1.54, 1.807) is 24.3 Å². The Morgan fingerprint density at radius 3 is 2.47 bits per heavy atom. The monoisotopic (exact) mass is 469 g/mol. The van der Waals surface area contributed by atoms with Crippen molar-refractivity contribution >= 4 is 11.8 Å². The Bertz CT molecular complexity index is 1240. The van der Waals surface area contributed by atoms with E-state index in [0.717, 1.165) is 9.63 Å². The van der Waals surface area contributed by atoms with Crippen molar-refractivity contribution in [1.29, 1.82) is 0 Å². The molecule has 178 valence electrons. The van der Waals surface area contributed by atoms with E-state index >= 15 is 0 Å². The second-order valence-corrected chi connectivity index (χ2v) is 7.87. The van der Waals surface area contributed by atoms with Gasteiger partial charge in [-0.1, -0.05) is 24.0 Å². The number of imide groups is 1. The molecular formula is C23H23N3O8. The second kappa shape index (κ2) is 10.1. The fourth-order valence-electron chi connectivity index (χ4n) is 3.75. The molecule has 2 amide bonds. The Hall–Kier alpha value is -3.56. The highest BCUT2D eigenvalue weighted by Crippen LogP contribution is 2.27. The van der Waals surface area contributed by atoms with E-state index in [-0.39, 0.29) is 25.2 Å². The minimum Gasteiger partial charge on any atom is -0.394 e. The van der Waals surface area contributed by atoms with Gasteiger partial charge >= 0.3 is 5.69 Å². The number of hydrogen-bond donors (Lipinski definition) is 3. The summed E-state index contributed by atoms with van der Waals surface area (Å²) in [5.41, 5.74) is -0.646. The minimum atomic E-state index is -0.925. The summed E-state index contributed by atoms with van der Waals surface area (Å²) in [5.74, 6) is 4.59. The number of nitrogens with one attached hydrogen (secondary N) is 1. The fraction of sp³-hybridized carbons (Fsp3) is 0.391. The van der Waals surface area contributed by atoms with Crippen molar-refractivity contribution in [2.75, 3.05) is 13.2 Å². The normalized spacial score (nSPS) is 21.5. The van der Waals surface area contributed by atoms with E-state index in [1.807, 2.05) is 0 Å². The van der Waals surface area contributed by atoms with Crippen molar-refractivity contribution in [3.05, 3.63) is 68.0 Å². The Balaban J connectivity index is 1.29. The van der Waals surface area contributed by atoms with Gasteiger partial charge in [-0.2, -0.15) is 0 Å². The third-order valence-electron chi connectivity index (χ3n) is 5.56. The van der Waals surface area contributed by atoms with Gasteiger partial charge in [0.05, 0.1) is 30.4 Å². The first kappa shape index (κ1) is 23.6. The summed E-state index contributed by atoms with van der Waals surface area (Å²) in [5, 5.41) is 19.8. The zero-order valence-electron chi connectivity index (χ0n) is 18.1. The third kappa shape index (κ3) is 4.71. The lowest BCUT2D eigenvalue weighted by Crippen LogP contribution is -2.33. The number of amides is 2. The average Bonchev–Trinajstić information content (AvgIpc) is 3.31. The molecule has 1 aromatic heterocycles.